The number of benzene rings is 6. The van der Waals surface area contributed by atoms with E-state index in [4.69, 9.17) is 14.4 Å². The molecule has 0 amide bonds. The van der Waals surface area contributed by atoms with Crippen molar-refractivity contribution < 1.29 is 4.42 Å². The van der Waals surface area contributed by atoms with Crippen LogP contribution >= 0.6 is 11.3 Å². The molecule has 226 valence electrons. The Morgan fingerprint density at radius 1 is 0.604 bits per heavy atom. The number of nitrogens with one attached hydrogen (secondary N) is 1. The van der Waals surface area contributed by atoms with Crippen molar-refractivity contribution in [3.63, 3.8) is 0 Å². The molecule has 0 saturated heterocycles. The van der Waals surface area contributed by atoms with E-state index >= 15 is 0 Å². The topological polar surface area (TPSA) is 62.8 Å². The molecule has 6 aromatic carbocycles. The van der Waals surface area contributed by atoms with Gasteiger partial charge >= 0.3 is 0 Å². The summed E-state index contributed by atoms with van der Waals surface area (Å²) in [5, 5.41) is 10.6. The van der Waals surface area contributed by atoms with Crippen molar-refractivity contribution in [1.82, 2.24) is 10.3 Å². The lowest BCUT2D eigenvalue weighted by Crippen LogP contribution is -2.33. The number of amidine groups is 2. The summed E-state index contributed by atoms with van der Waals surface area (Å²) in [5.74, 6) is 1.42. The van der Waals surface area contributed by atoms with Crippen LogP contribution in [-0.2, 0) is 0 Å². The lowest BCUT2D eigenvalue weighted by atomic mass is 9.94. The molecule has 1 atom stereocenters. The maximum Gasteiger partial charge on any atom is 0.159 e. The molecule has 0 fully saturated rings. The quantitative estimate of drug-likeness (QED) is 0.210. The second-order valence-corrected chi connectivity index (χ2v) is 13.2. The van der Waals surface area contributed by atoms with Crippen LogP contribution in [0.4, 0.5) is 0 Å². The number of hydrogen-bond acceptors (Lipinski definition) is 6. The predicted molar refractivity (Wildman–Crippen MR) is 199 cm³/mol. The van der Waals surface area contributed by atoms with Crippen LogP contribution in [0.3, 0.4) is 0 Å². The van der Waals surface area contributed by atoms with E-state index in [9.17, 15) is 0 Å². The molecule has 1 aliphatic rings. The zero-order chi connectivity index (χ0) is 31.6. The van der Waals surface area contributed by atoms with Gasteiger partial charge in [0.2, 0.25) is 0 Å². The molecule has 0 spiro atoms. The second kappa shape index (κ2) is 10.7. The Bertz CT molecular complexity index is 2760. The van der Waals surface area contributed by atoms with Crippen molar-refractivity contribution in [3.8, 4) is 11.1 Å². The first kappa shape index (κ1) is 27.0. The van der Waals surface area contributed by atoms with Crippen molar-refractivity contribution in [2.75, 3.05) is 0 Å². The third-order valence-corrected chi connectivity index (χ3v) is 10.3. The van der Waals surface area contributed by atoms with Crippen LogP contribution < -0.4 is 5.32 Å². The van der Waals surface area contributed by atoms with Gasteiger partial charge < -0.3 is 9.73 Å². The Kier molecular flexibility index (Phi) is 6.04. The minimum absolute atomic E-state index is 0.318. The number of nitrogens with zero attached hydrogens (tertiary/aromatic N) is 3. The van der Waals surface area contributed by atoms with E-state index in [1.807, 2.05) is 60.0 Å². The summed E-state index contributed by atoms with van der Waals surface area (Å²) in [6.45, 7) is 0. The number of aliphatic imine (C=N–C) groups is 2. The SMILES string of the molecule is c1ccc(C2=NC(c3ccccc3)NC(c3cc(-c4cccc5sc6cc7ccccc7cc6c45)cc4oc5ccncc5c34)=N2)cc1. The maximum absolute atomic E-state index is 6.56. The van der Waals surface area contributed by atoms with Crippen LogP contribution in [-0.4, -0.2) is 16.7 Å². The van der Waals surface area contributed by atoms with Gasteiger partial charge in [-0.25, -0.2) is 9.98 Å². The molecule has 1 unspecified atom stereocenters. The number of rotatable bonds is 4. The molecular formula is C42H26N4OS. The minimum Gasteiger partial charge on any atom is -0.456 e. The highest BCUT2D eigenvalue weighted by Gasteiger charge is 2.25. The Morgan fingerprint density at radius 2 is 1.40 bits per heavy atom. The fourth-order valence-corrected chi connectivity index (χ4v) is 8.12. The monoisotopic (exact) mass is 634 g/mol. The standard InChI is InChI=1S/C42H26N4OS/c1-3-10-25(11-4-1)40-44-41(26-12-5-2-6-13-26)46-42(45-40)32-21-29(22-35-38(32)33-24-43-19-18-34(33)47-35)30-16-9-17-36-39(30)31-20-27-14-7-8-15-28(27)23-37(31)48-36/h1-24,40H,(H,44,45,46). The fraction of sp³-hybridized carbons (Fsp3) is 0.0238. The molecule has 10 rings (SSSR count). The van der Waals surface area contributed by atoms with Crippen LogP contribution in [0.15, 0.2) is 160 Å². The van der Waals surface area contributed by atoms with Crippen LogP contribution in [0.2, 0.25) is 0 Å². The highest BCUT2D eigenvalue weighted by Crippen LogP contribution is 2.43. The summed E-state index contributed by atoms with van der Waals surface area (Å²) in [4.78, 5) is 14.8. The van der Waals surface area contributed by atoms with Crippen LogP contribution in [0.5, 0.6) is 0 Å². The van der Waals surface area contributed by atoms with Gasteiger partial charge in [0.05, 0.1) is 0 Å². The molecule has 4 heterocycles. The minimum atomic E-state index is -0.318. The van der Waals surface area contributed by atoms with Gasteiger partial charge in [-0.15, -0.1) is 11.3 Å². The van der Waals surface area contributed by atoms with E-state index in [0.29, 0.717) is 5.84 Å². The van der Waals surface area contributed by atoms with E-state index in [0.717, 1.165) is 55.6 Å². The number of aromatic nitrogens is 1. The first-order valence-electron chi connectivity index (χ1n) is 16.0. The molecule has 1 aliphatic heterocycles. The summed E-state index contributed by atoms with van der Waals surface area (Å²) < 4.78 is 9.09. The maximum atomic E-state index is 6.56. The number of thiophene rings is 1. The van der Waals surface area contributed by atoms with Crippen molar-refractivity contribution in [2.24, 2.45) is 9.98 Å². The Morgan fingerprint density at radius 3 is 2.25 bits per heavy atom. The van der Waals surface area contributed by atoms with Crippen LogP contribution in [0.1, 0.15) is 22.9 Å². The first-order valence-corrected chi connectivity index (χ1v) is 16.8. The smallest absolute Gasteiger partial charge is 0.159 e. The first-order chi connectivity index (χ1) is 23.8. The summed E-state index contributed by atoms with van der Waals surface area (Å²) >= 11 is 1.84. The highest BCUT2D eigenvalue weighted by molar-refractivity contribution is 7.26. The highest BCUT2D eigenvalue weighted by atomic mass is 32.1. The van der Waals surface area contributed by atoms with Gasteiger partial charge in [-0.3, -0.25) is 4.98 Å². The number of hydrogen-bond donors (Lipinski definition) is 1. The van der Waals surface area contributed by atoms with Crippen LogP contribution in [0.25, 0.3) is 64.0 Å². The van der Waals surface area contributed by atoms with E-state index in [1.54, 1.807) is 6.20 Å². The van der Waals surface area contributed by atoms with Gasteiger partial charge in [0.25, 0.3) is 0 Å². The van der Waals surface area contributed by atoms with Crippen molar-refractivity contribution in [3.05, 3.63) is 163 Å². The number of pyridine rings is 1. The molecule has 1 N–H and O–H groups in total. The second-order valence-electron chi connectivity index (χ2n) is 12.1. The molecule has 6 heteroatoms. The summed E-state index contributed by atoms with van der Waals surface area (Å²) in [6, 6.07) is 46.7. The zero-order valence-electron chi connectivity index (χ0n) is 25.6. The summed E-state index contributed by atoms with van der Waals surface area (Å²) in [6.07, 6.45) is 3.34. The van der Waals surface area contributed by atoms with Gasteiger partial charge in [-0.1, -0.05) is 97.1 Å². The largest absolute Gasteiger partial charge is 0.456 e. The summed E-state index contributed by atoms with van der Waals surface area (Å²) in [5.41, 5.74) is 6.77. The summed E-state index contributed by atoms with van der Waals surface area (Å²) in [7, 11) is 0. The number of furan rings is 1. The molecule has 9 aromatic rings. The average molecular weight is 635 g/mol. The lowest BCUT2D eigenvalue weighted by Gasteiger charge is -2.24. The van der Waals surface area contributed by atoms with Crippen molar-refractivity contribution >= 4 is 75.9 Å². The van der Waals surface area contributed by atoms with E-state index in [1.165, 1.54) is 30.9 Å². The zero-order valence-corrected chi connectivity index (χ0v) is 26.4. The molecule has 0 radical (unpaired) electrons. The molecule has 0 saturated carbocycles. The molecular weight excluding hydrogens is 609 g/mol. The normalized spacial score (nSPS) is 14.9. The van der Waals surface area contributed by atoms with Gasteiger partial charge in [0.1, 0.15) is 23.2 Å². The Hall–Kier alpha value is -6.11. The number of fused-ring (bicyclic) bond motifs is 7. The van der Waals surface area contributed by atoms with Gasteiger partial charge in [-0.05, 0) is 63.9 Å². The van der Waals surface area contributed by atoms with Gasteiger partial charge in [0.15, 0.2) is 5.84 Å². The van der Waals surface area contributed by atoms with E-state index < -0.39 is 0 Å². The fourth-order valence-electron chi connectivity index (χ4n) is 6.95. The molecule has 3 aromatic heterocycles. The van der Waals surface area contributed by atoms with Gasteiger partial charge in [0, 0.05) is 54.5 Å². The van der Waals surface area contributed by atoms with Crippen LogP contribution in [0, 0.1) is 0 Å². The van der Waals surface area contributed by atoms with Crippen molar-refractivity contribution in [1.29, 1.82) is 0 Å². The third kappa shape index (κ3) is 4.34. The molecule has 0 bridgehead atoms. The third-order valence-electron chi connectivity index (χ3n) is 9.19. The van der Waals surface area contributed by atoms with E-state index in [2.05, 4.69) is 101 Å². The Labute approximate surface area is 279 Å². The average Bonchev–Trinajstić information content (AvgIpc) is 3.72. The van der Waals surface area contributed by atoms with E-state index in [-0.39, 0.29) is 6.17 Å². The van der Waals surface area contributed by atoms with Gasteiger partial charge in [-0.2, -0.15) is 0 Å². The molecule has 48 heavy (non-hydrogen) atoms. The van der Waals surface area contributed by atoms with Crippen molar-refractivity contribution in [2.45, 2.75) is 6.17 Å². The predicted octanol–water partition coefficient (Wildman–Crippen LogP) is 10.7. The molecule has 0 aliphatic carbocycles. The lowest BCUT2D eigenvalue weighted by molar-refractivity contribution is 0.667. The molecule has 5 nitrogen and oxygen atoms in total. The Balaban J connectivity index is 1.24.